The molecule has 24 heavy (non-hydrogen) atoms. The molecule has 1 atom stereocenters. The van der Waals surface area contributed by atoms with Crippen molar-refractivity contribution < 1.29 is 9.90 Å². The number of amides is 1. The second-order valence-corrected chi connectivity index (χ2v) is 8.60. The summed E-state index contributed by atoms with van der Waals surface area (Å²) in [4.78, 5) is 12.4. The largest absolute Gasteiger partial charge is 0.387 e. The van der Waals surface area contributed by atoms with Gasteiger partial charge in [-0.2, -0.15) is 0 Å². The fourth-order valence-corrected chi connectivity index (χ4v) is 4.00. The van der Waals surface area contributed by atoms with Gasteiger partial charge >= 0.3 is 0 Å². The van der Waals surface area contributed by atoms with Gasteiger partial charge in [-0.25, -0.2) is 0 Å². The zero-order valence-electron chi connectivity index (χ0n) is 14.2. The maximum absolute atomic E-state index is 12.4. The van der Waals surface area contributed by atoms with Gasteiger partial charge in [-0.05, 0) is 32.8 Å². The van der Waals surface area contributed by atoms with Gasteiger partial charge in [-0.3, -0.25) is 4.79 Å². The number of nitrogens with one attached hydrogen (secondary N) is 1. The lowest BCUT2D eigenvalue weighted by molar-refractivity contribution is -0.135. The first kappa shape index (κ1) is 18.9. The Bertz CT molecular complexity index is 659. The van der Waals surface area contributed by atoms with Crippen molar-refractivity contribution in [2.75, 3.05) is 12.3 Å². The van der Waals surface area contributed by atoms with E-state index in [-0.39, 0.29) is 5.91 Å². The van der Waals surface area contributed by atoms with Crippen molar-refractivity contribution in [2.24, 2.45) is 5.41 Å². The normalized spacial score (nSPS) is 12.8. The van der Waals surface area contributed by atoms with Crippen molar-refractivity contribution in [2.45, 2.75) is 37.6 Å². The number of carbonyl (C=O) groups excluding carboxylic acids is 1. The Hall–Kier alpha value is -1.44. The van der Waals surface area contributed by atoms with E-state index in [2.05, 4.69) is 15.5 Å². The van der Waals surface area contributed by atoms with Crippen LogP contribution in [0.5, 0.6) is 0 Å². The van der Waals surface area contributed by atoms with E-state index in [1.54, 1.807) is 36.9 Å². The summed E-state index contributed by atoms with van der Waals surface area (Å²) in [5, 5.41) is 22.4. The summed E-state index contributed by atoms with van der Waals surface area (Å²) in [5.74, 6) is 0.729. The lowest BCUT2D eigenvalue weighted by atomic mass is 9.81. The molecular weight excluding hydrogens is 342 g/mol. The summed E-state index contributed by atoms with van der Waals surface area (Å²) in [5.41, 5.74) is -0.134. The third-order valence-corrected chi connectivity index (χ3v) is 5.78. The van der Waals surface area contributed by atoms with Gasteiger partial charge in [0.25, 0.3) is 0 Å². The fraction of sp³-hybridized carbons (Fsp3) is 0.471. The quantitative estimate of drug-likeness (QED) is 0.555. The number of rotatable bonds is 8. The lowest BCUT2D eigenvalue weighted by Gasteiger charge is -2.29. The van der Waals surface area contributed by atoms with E-state index in [1.165, 1.54) is 0 Å². The van der Waals surface area contributed by atoms with Gasteiger partial charge in [-0.1, -0.05) is 53.4 Å². The predicted octanol–water partition coefficient (Wildman–Crippen LogP) is 3.20. The van der Waals surface area contributed by atoms with Crippen LogP contribution in [-0.4, -0.2) is 33.5 Å². The Morgan fingerprint density at radius 1 is 1.33 bits per heavy atom. The second-order valence-electron chi connectivity index (χ2n) is 6.08. The van der Waals surface area contributed by atoms with Crippen LogP contribution in [0.25, 0.3) is 0 Å². The molecule has 0 fully saturated rings. The highest BCUT2D eigenvalue weighted by atomic mass is 32.2. The molecule has 2 N–H and O–H groups in total. The molecule has 7 heteroatoms. The second kappa shape index (κ2) is 8.60. The van der Waals surface area contributed by atoms with Crippen molar-refractivity contribution in [1.82, 2.24) is 15.5 Å². The third-order valence-electron chi connectivity index (χ3n) is 3.72. The molecule has 0 aliphatic rings. The number of aryl methyl sites for hydroxylation is 1. The maximum atomic E-state index is 12.4. The molecule has 1 amide bonds. The van der Waals surface area contributed by atoms with Gasteiger partial charge < -0.3 is 10.4 Å². The van der Waals surface area contributed by atoms with Crippen LogP contribution in [0.2, 0.25) is 0 Å². The van der Waals surface area contributed by atoms with Gasteiger partial charge in [0.2, 0.25) is 5.91 Å². The van der Waals surface area contributed by atoms with Gasteiger partial charge in [0.15, 0.2) is 4.34 Å². The minimum Gasteiger partial charge on any atom is -0.387 e. The Morgan fingerprint density at radius 2 is 2.04 bits per heavy atom. The summed E-state index contributed by atoms with van der Waals surface area (Å²) >= 11 is 3.23. The van der Waals surface area contributed by atoms with E-state index >= 15 is 0 Å². The number of benzene rings is 1. The van der Waals surface area contributed by atoms with Crippen LogP contribution in [0.15, 0.2) is 34.7 Å². The van der Waals surface area contributed by atoms with E-state index < -0.39 is 11.5 Å². The molecule has 1 heterocycles. The third kappa shape index (κ3) is 5.03. The van der Waals surface area contributed by atoms with E-state index in [4.69, 9.17) is 0 Å². The van der Waals surface area contributed by atoms with E-state index in [0.717, 1.165) is 27.1 Å². The predicted molar refractivity (Wildman–Crippen MR) is 98.2 cm³/mol. The molecule has 0 saturated heterocycles. The van der Waals surface area contributed by atoms with Crippen LogP contribution in [0.1, 0.15) is 36.9 Å². The van der Waals surface area contributed by atoms with Crippen molar-refractivity contribution in [3.8, 4) is 0 Å². The molecule has 0 radical (unpaired) electrons. The Morgan fingerprint density at radius 3 is 2.67 bits per heavy atom. The molecule has 0 spiro atoms. The summed E-state index contributed by atoms with van der Waals surface area (Å²) < 4.78 is 0.957. The van der Waals surface area contributed by atoms with Crippen molar-refractivity contribution in [3.05, 3.63) is 40.9 Å². The Balaban J connectivity index is 1.76. The monoisotopic (exact) mass is 365 g/mol. The molecule has 0 bridgehead atoms. The van der Waals surface area contributed by atoms with E-state index in [0.29, 0.717) is 6.54 Å². The van der Waals surface area contributed by atoms with Crippen LogP contribution in [0.3, 0.4) is 0 Å². The molecule has 0 unspecified atom stereocenters. The average Bonchev–Trinajstić information content (AvgIpc) is 2.99. The number of hydrogen-bond acceptors (Lipinski definition) is 6. The number of aliphatic hydroxyl groups is 1. The van der Waals surface area contributed by atoms with Crippen LogP contribution >= 0.6 is 23.1 Å². The Kier molecular flexibility index (Phi) is 6.77. The first-order valence-corrected chi connectivity index (χ1v) is 9.65. The number of carbonyl (C=O) groups is 1. The molecule has 130 valence electrons. The molecule has 0 saturated carbocycles. The molecule has 2 aromatic rings. The first-order chi connectivity index (χ1) is 11.4. The number of nitrogens with zero attached hydrogens (tertiary/aromatic N) is 2. The standard InChI is InChI=1S/C17H23N3O2S2/c1-12-19-20-16(24-12)23-11-7-10-18-15(22)17(2,3)14(21)13-8-5-4-6-9-13/h4-6,8-9,14,21H,7,10-11H2,1-3H3,(H,18,22)/t14-/m1/s1. The zero-order chi connectivity index (χ0) is 17.6. The van der Waals surface area contributed by atoms with Gasteiger partial charge in [0, 0.05) is 12.3 Å². The fourth-order valence-electron chi connectivity index (χ4n) is 2.17. The smallest absolute Gasteiger partial charge is 0.228 e. The molecule has 5 nitrogen and oxygen atoms in total. The number of hydrogen-bond donors (Lipinski definition) is 2. The SMILES string of the molecule is Cc1nnc(SCCCNC(=O)C(C)(C)[C@H](O)c2ccccc2)s1. The first-order valence-electron chi connectivity index (χ1n) is 7.85. The van der Waals surface area contributed by atoms with Crippen molar-refractivity contribution in [3.63, 3.8) is 0 Å². The van der Waals surface area contributed by atoms with Crippen LogP contribution in [-0.2, 0) is 4.79 Å². The highest BCUT2D eigenvalue weighted by Crippen LogP contribution is 2.33. The maximum Gasteiger partial charge on any atom is 0.228 e. The Labute approximate surface area is 150 Å². The molecule has 0 aliphatic heterocycles. The van der Waals surface area contributed by atoms with E-state index in [9.17, 15) is 9.90 Å². The topological polar surface area (TPSA) is 75.1 Å². The number of aliphatic hydroxyl groups excluding tert-OH is 1. The molecular formula is C17H23N3O2S2. The van der Waals surface area contributed by atoms with Crippen molar-refractivity contribution in [1.29, 1.82) is 0 Å². The van der Waals surface area contributed by atoms with Crippen LogP contribution in [0.4, 0.5) is 0 Å². The highest BCUT2D eigenvalue weighted by Gasteiger charge is 2.36. The summed E-state index contributed by atoms with van der Waals surface area (Å²) in [7, 11) is 0. The molecule has 1 aromatic heterocycles. The lowest BCUT2D eigenvalue weighted by Crippen LogP contribution is -2.41. The van der Waals surface area contributed by atoms with Crippen LogP contribution < -0.4 is 5.32 Å². The summed E-state index contributed by atoms with van der Waals surface area (Å²) in [6.45, 7) is 6.04. The number of thioether (sulfide) groups is 1. The van der Waals surface area contributed by atoms with E-state index in [1.807, 2.05) is 37.3 Å². The van der Waals surface area contributed by atoms with Gasteiger partial charge in [0.1, 0.15) is 5.01 Å². The zero-order valence-corrected chi connectivity index (χ0v) is 15.8. The minimum atomic E-state index is -0.884. The molecule has 1 aromatic carbocycles. The van der Waals surface area contributed by atoms with Gasteiger partial charge in [0.05, 0.1) is 11.5 Å². The summed E-state index contributed by atoms with van der Waals surface area (Å²) in [6.07, 6.45) is 0.00413. The van der Waals surface area contributed by atoms with Crippen molar-refractivity contribution >= 4 is 29.0 Å². The van der Waals surface area contributed by atoms with Gasteiger partial charge in [-0.15, -0.1) is 10.2 Å². The minimum absolute atomic E-state index is 0.143. The molecule has 2 rings (SSSR count). The molecule has 0 aliphatic carbocycles. The average molecular weight is 366 g/mol. The van der Waals surface area contributed by atoms with Crippen LogP contribution in [0, 0.1) is 12.3 Å². The number of aromatic nitrogens is 2. The highest BCUT2D eigenvalue weighted by molar-refractivity contribution is 8.01. The summed E-state index contributed by atoms with van der Waals surface area (Å²) in [6, 6.07) is 9.28.